The highest BCUT2D eigenvalue weighted by Crippen LogP contribution is 2.16. The molecule has 1 rings (SSSR count). The molecule has 0 aromatic rings. The van der Waals surface area contributed by atoms with Gasteiger partial charge in [-0.05, 0) is 18.9 Å². The van der Waals surface area contributed by atoms with Crippen LogP contribution < -0.4 is 5.73 Å². The number of amides is 1. The van der Waals surface area contributed by atoms with Gasteiger partial charge >= 0.3 is 0 Å². The van der Waals surface area contributed by atoms with Gasteiger partial charge in [-0.3, -0.25) is 4.79 Å². The Labute approximate surface area is 73.9 Å². The van der Waals surface area contributed by atoms with Crippen molar-refractivity contribution in [3.8, 4) is 0 Å². The number of hydrogen-bond acceptors (Lipinski definition) is 2. The van der Waals surface area contributed by atoms with Crippen LogP contribution in [0.4, 0.5) is 0 Å². The lowest BCUT2D eigenvalue weighted by Crippen LogP contribution is -2.29. The first-order chi connectivity index (χ1) is 5.59. The zero-order chi connectivity index (χ0) is 9.14. The molecule has 0 aromatic carbocycles. The maximum Gasteiger partial charge on any atom is 0.221 e. The van der Waals surface area contributed by atoms with Gasteiger partial charge in [-0.2, -0.15) is 0 Å². The zero-order valence-electron chi connectivity index (χ0n) is 7.92. The molecule has 1 saturated heterocycles. The van der Waals surface area contributed by atoms with Gasteiger partial charge in [-0.1, -0.05) is 13.8 Å². The molecule has 0 radical (unpaired) electrons. The van der Waals surface area contributed by atoms with Crippen LogP contribution in [0.1, 0.15) is 20.3 Å². The molecule has 1 fully saturated rings. The average Bonchev–Trinajstić information content (AvgIpc) is 2.34. The van der Waals surface area contributed by atoms with Crippen LogP contribution in [-0.2, 0) is 4.79 Å². The number of nitrogens with two attached hydrogens (primary N) is 1. The second-order valence-corrected chi connectivity index (χ2v) is 4.04. The molecule has 1 aliphatic rings. The summed E-state index contributed by atoms with van der Waals surface area (Å²) in [6.07, 6.45) is 0.946. The summed E-state index contributed by atoms with van der Waals surface area (Å²) in [5.74, 6) is 0.640. The molecular weight excluding hydrogens is 152 g/mol. The molecule has 12 heavy (non-hydrogen) atoms. The summed E-state index contributed by atoms with van der Waals surface area (Å²) in [6.45, 7) is 7.37. The average molecular weight is 170 g/mol. The SMILES string of the molecule is CC(C)CN1CC[C@@H](C(N)=O)C1. The van der Waals surface area contributed by atoms with Gasteiger partial charge in [0.15, 0.2) is 0 Å². The minimum atomic E-state index is -0.138. The number of carbonyl (C=O) groups excluding carboxylic acids is 1. The molecular formula is C9H18N2O. The Bertz CT molecular complexity index is 168. The number of carbonyl (C=O) groups is 1. The van der Waals surface area contributed by atoms with Gasteiger partial charge < -0.3 is 10.6 Å². The Morgan fingerprint density at radius 2 is 2.33 bits per heavy atom. The second-order valence-electron chi connectivity index (χ2n) is 4.04. The Balaban J connectivity index is 2.30. The molecule has 3 heteroatoms. The van der Waals surface area contributed by atoms with Crippen molar-refractivity contribution in [1.29, 1.82) is 0 Å². The minimum absolute atomic E-state index is 0.101. The molecule has 1 aliphatic heterocycles. The fraction of sp³-hybridized carbons (Fsp3) is 0.889. The van der Waals surface area contributed by atoms with Gasteiger partial charge in [0, 0.05) is 13.1 Å². The maximum absolute atomic E-state index is 10.8. The fourth-order valence-corrected chi connectivity index (χ4v) is 1.75. The number of nitrogens with zero attached hydrogens (tertiary/aromatic N) is 1. The van der Waals surface area contributed by atoms with E-state index >= 15 is 0 Å². The number of rotatable bonds is 3. The van der Waals surface area contributed by atoms with E-state index in [0.717, 1.165) is 26.1 Å². The third kappa shape index (κ3) is 2.48. The largest absolute Gasteiger partial charge is 0.369 e. The summed E-state index contributed by atoms with van der Waals surface area (Å²) in [4.78, 5) is 13.1. The smallest absolute Gasteiger partial charge is 0.221 e. The Kier molecular flexibility index (Phi) is 3.09. The highest BCUT2D eigenvalue weighted by atomic mass is 16.1. The predicted molar refractivity (Wildman–Crippen MR) is 48.6 cm³/mol. The lowest BCUT2D eigenvalue weighted by atomic mass is 10.1. The maximum atomic E-state index is 10.8. The van der Waals surface area contributed by atoms with E-state index in [2.05, 4.69) is 18.7 Å². The summed E-state index contributed by atoms with van der Waals surface area (Å²) >= 11 is 0. The Morgan fingerprint density at radius 1 is 1.67 bits per heavy atom. The number of primary amides is 1. The first kappa shape index (κ1) is 9.52. The van der Waals surface area contributed by atoms with Crippen LogP contribution in [0, 0.1) is 11.8 Å². The van der Waals surface area contributed by atoms with Crippen LogP contribution in [-0.4, -0.2) is 30.4 Å². The van der Waals surface area contributed by atoms with Crippen molar-refractivity contribution < 1.29 is 4.79 Å². The highest BCUT2D eigenvalue weighted by molar-refractivity contribution is 5.77. The Morgan fingerprint density at radius 3 is 2.75 bits per heavy atom. The summed E-state index contributed by atoms with van der Waals surface area (Å²) in [7, 11) is 0. The third-order valence-electron chi connectivity index (χ3n) is 2.30. The fourth-order valence-electron chi connectivity index (χ4n) is 1.75. The van der Waals surface area contributed by atoms with Crippen molar-refractivity contribution in [3.63, 3.8) is 0 Å². The van der Waals surface area contributed by atoms with Gasteiger partial charge in [0.25, 0.3) is 0 Å². The molecule has 1 atom stereocenters. The molecule has 0 spiro atoms. The van der Waals surface area contributed by atoms with Crippen molar-refractivity contribution in [2.75, 3.05) is 19.6 Å². The summed E-state index contributed by atoms with van der Waals surface area (Å²) < 4.78 is 0. The number of hydrogen-bond donors (Lipinski definition) is 1. The van der Waals surface area contributed by atoms with E-state index in [1.54, 1.807) is 0 Å². The van der Waals surface area contributed by atoms with Gasteiger partial charge in [0.1, 0.15) is 0 Å². The van der Waals surface area contributed by atoms with Crippen LogP contribution in [0.2, 0.25) is 0 Å². The van der Waals surface area contributed by atoms with Gasteiger partial charge in [0.05, 0.1) is 5.92 Å². The molecule has 0 unspecified atom stereocenters. The van der Waals surface area contributed by atoms with E-state index in [-0.39, 0.29) is 11.8 Å². The molecule has 3 nitrogen and oxygen atoms in total. The first-order valence-corrected chi connectivity index (χ1v) is 4.61. The van der Waals surface area contributed by atoms with Crippen LogP contribution in [0.15, 0.2) is 0 Å². The van der Waals surface area contributed by atoms with Crippen molar-refractivity contribution in [3.05, 3.63) is 0 Å². The highest BCUT2D eigenvalue weighted by Gasteiger charge is 2.26. The van der Waals surface area contributed by atoms with Crippen molar-refractivity contribution in [2.45, 2.75) is 20.3 Å². The molecule has 0 bridgehead atoms. The zero-order valence-corrected chi connectivity index (χ0v) is 7.92. The second kappa shape index (κ2) is 3.90. The van der Waals surface area contributed by atoms with Crippen LogP contribution in [0.5, 0.6) is 0 Å². The number of likely N-dealkylation sites (tertiary alicyclic amines) is 1. The first-order valence-electron chi connectivity index (χ1n) is 4.61. The Hall–Kier alpha value is -0.570. The minimum Gasteiger partial charge on any atom is -0.369 e. The van der Waals surface area contributed by atoms with Crippen molar-refractivity contribution in [1.82, 2.24) is 4.90 Å². The quantitative estimate of drug-likeness (QED) is 0.668. The predicted octanol–water partition coefficient (Wildman–Crippen LogP) is 0.450. The topological polar surface area (TPSA) is 46.3 Å². The molecule has 1 heterocycles. The van der Waals surface area contributed by atoms with Gasteiger partial charge in [-0.15, -0.1) is 0 Å². The molecule has 0 saturated carbocycles. The monoisotopic (exact) mass is 170 g/mol. The molecule has 0 aromatic heterocycles. The molecule has 70 valence electrons. The summed E-state index contributed by atoms with van der Waals surface area (Å²) in [5, 5.41) is 0. The third-order valence-corrected chi connectivity index (χ3v) is 2.30. The van der Waals surface area contributed by atoms with Crippen molar-refractivity contribution >= 4 is 5.91 Å². The summed E-state index contributed by atoms with van der Waals surface area (Å²) in [6, 6.07) is 0. The van der Waals surface area contributed by atoms with Crippen LogP contribution in [0.25, 0.3) is 0 Å². The summed E-state index contributed by atoms with van der Waals surface area (Å²) in [5.41, 5.74) is 5.23. The van der Waals surface area contributed by atoms with E-state index in [0.29, 0.717) is 5.92 Å². The van der Waals surface area contributed by atoms with E-state index in [4.69, 9.17) is 5.73 Å². The lowest BCUT2D eigenvalue weighted by molar-refractivity contribution is -0.121. The van der Waals surface area contributed by atoms with E-state index < -0.39 is 0 Å². The van der Waals surface area contributed by atoms with Crippen LogP contribution in [0.3, 0.4) is 0 Å². The van der Waals surface area contributed by atoms with Crippen molar-refractivity contribution in [2.24, 2.45) is 17.6 Å². The van der Waals surface area contributed by atoms with E-state index in [1.165, 1.54) is 0 Å². The molecule has 2 N–H and O–H groups in total. The molecule has 1 amide bonds. The standard InChI is InChI=1S/C9H18N2O/c1-7(2)5-11-4-3-8(6-11)9(10)12/h7-8H,3-6H2,1-2H3,(H2,10,12)/t8-/m1/s1. The van der Waals surface area contributed by atoms with Gasteiger partial charge in [-0.25, -0.2) is 0 Å². The molecule has 0 aliphatic carbocycles. The normalized spacial score (nSPS) is 25.1. The lowest BCUT2D eigenvalue weighted by Gasteiger charge is -2.17. The van der Waals surface area contributed by atoms with E-state index in [1.807, 2.05) is 0 Å². The van der Waals surface area contributed by atoms with E-state index in [9.17, 15) is 4.79 Å². The van der Waals surface area contributed by atoms with Gasteiger partial charge in [0.2, 0.25) is 5.91 Å². The van der Waals surface area contributed by atoms with Crippen LogP contribution >= 0.6 is 0 Å².